The molecule has 3 aromatic carbocycles. The first-order valence-corrected chi connectivity index (χ1v) is 13.6. The normalized spacial score (nSPS) is 18.0. The number of hydrogen-bond donors (Lipinski definition) is 1. The van der Waals surface area contributed by atoms with Crippen LogP contribution in [0.1, 0.15) is 55.2 Å². The van der Waals surface area contributed by atoms with Gasteiger partial charge in [0.25, 0.3) is 0 Å². The predicted molar refractivity (Wildman–Crippen MR) is 150 cm³/mol. The SMILES string of the molecule is CCC(c1ccc(OC)cc1)C(O)(c1ccc(OCCN(C)C)cc1)c1cccc(OC2CCCCO2)c1. The number of rotatable bonds is 12. The minimum Gasteiger partial charge on any atom is -0.497 e. The van der Waals surface area contributed by atoms with E-state index < -0.39 is 5.60 Å². The van der Waals surface area contributed by atoms with Gasteiger partial charge >= 0.3 is 0 Å². The number of benzene rings is 3. The molecule has 0 saturated carbocycles. The molecular formula is C32H41NO5. The predicted octanol–water partition coefficient (Wildman–Crippen LogP) is 5.97. The molecule has 1 aliphatic rings. The molecule has 1 N–H and O–H groups in total. The molecule has 6 nitrogen and oxygen atoms in total. The van der Waals surface area contributed by atoms with Gasteiger partial charge in [-0.25, -0.2) is 0 Å². The van der Waals surface area contributed by atoms with Crippen LogP contribution >= 0.6 is 0 Å². The van der Waals surface area contributed by atoms with E-state index >= 15 is 0 Å². The minimum absolute atomic E-state index is 0.213. The van der Waals surface area contributed by atoms with Crippen LogP contribution in [0.25, 0.3) is 0 Å². The van der Waals surface area contributed by atoms with Crippen molar-refractivity contribution in [2.75, 3.05) is 41.0 Å². The van der Waals surface area contributed by atoms with Crippen molar-refractivity contribution in [2.24, 2.45) is 0 Å². The van der Waals surface area contributed by atoms with E-state index in [1.54, 1.807) is 7.11 Å². The lowest BCUT2D eigenvalue weighted by Gasteiger charge is -2.38. The van der Waals surface area contributed by atoms with E-state index in [0.29, 0.717) is 19.0 Å². The van der Waals surface area contributed by atoms with Crippen molar-refractivity contribution >= 4 is 0 Å². The van der Waals surface area contributed by atoms with Gasteiger partial charge in [-0.15, -0.1) is 0 Å². The van der Waals surface area contributed by atoms with Gasteiger partial charge in [0, 0.05) is 18.9 Å². The highest BCUT2D eigenvalue weighted by atomic mass is 16.7. The Morgan fingerprint density at radius 1 is 0.947 bits per heavy atom. The molecule has 0 aromatic heterocycles. The standard InChI is InChI=1S/C32H41NO5/c1-5-30(24-12-16-27(35-4)17-13-24)32(34,25-14-18-28(19-15-25)36-22-20-33(2)3)26-9-8-10-29(23-26)38-31-11-6-7-21-37-31/h8-10,12-19,23,30-31,34H,5-7,11,20-22H2,1-4H3. The van der Waals surface area contributed by atoms with E-state index in [4.69, 9.17) is 18.9 Å². The summed E-state index contributed by atoms with van der Waals surface area (Å²) in [5, 5.41) is 12.7. The minimum atomic E-state index is -1.31. The van der Waals surface area contributed by atoms with Crippen LogP contribution in [-0.2, 0) is 10.3 Å². The van der Waals surface area contributed by atoms with Crippen molar-refractivity contribution in [1.82, 2.24) is 4.90 Å². The molecule has 3 aromatic rings. The molecule has 3 unspecified atom stereocenters. The van der Waals surface area contributed by atoms with Crippen LogP contribution in [0.2, 0.25) is 0 Å². The van der Waals surface area contributed by atoms with E-state index in [0.717, 1.165) is 60.4 Å². The maximum absolute atomic E-state index is 12.7. The molecule has 0 spiro atoms. The first kappa shape index (κ1) is 28.0. The topological polar surface area (TPSA) is 60.4 Å². The molecule has 0 aliphatic carbocycles. The summed E-state index contributed by atoms with van der Waals surface area (Å²) in [6, 6.07) is 23.6. The van der Waals surface area contributed by atoms with Crippen LogP contribution in [0.5, 0.6) is 17.2 Å². The maximum atomic E-state index is 12.7. The summed E-state index contributed by atoms with van der Waals surface area (Å²) in [6.45, 7) is 4.25. The van der Waals surface area contributed by atoms with E-state index in [9.17, 15) is 5.11 Å². The highest BCUT2D eigenvalue weighted by Crippen LogP contribution is 2.46. The van der Waals surface area contributed by atoms with Gasteiger partial charge < -0.3 is 29.0 Å². The van der Waals surface area contributed by atoms with Crippen molar-refractivity contribution in [3.63, 3.8) is 0 Å². The van der Waals surface area contributed by atoms with Crippen molar-refractivity contribution in [3.8, 4) is 17.2 Å². The number of hydrogen-bond acceptors (Lipinski definition) is 6. The fraction of sp³-hybridized carbons (Fsp3) is 0.438. The largest absolute Gasteiger partial charge is 0.497 e. The maximum Gasteiger partial charge on any atom is 0.199 e. The fourth-order valence-electron chi connectivity index (χ4n) is 5.09. The van der Waals surface area contributed by atoms with Crippen LogP contribution in [0, 0.1) is 0 Å². The van der Waals surface area contributed by atoms with Crippen molar-refractivity contribution in [1.29, 1.82) is 0 Å². The third-order valence-electron chi connectivity index (χ3n) is 7.21. The van der Waals surface area contributed by atoms with Crippen molar-refractivity contribution in [2.45, 2.75) is 50.4 Å². The van der Waals surface area contributed by atoms with E-state index in [-0.39, 0.29) is 12.2 Å². The second-order valence-corrected chi connectivity index (χ2v) is 10.1. The van der Waals surface area contributed by atoms with Crippen molar-refractivity contribution < 1.29 is 24.1 Å². The smallest absolute Gasteiger partial charge is 0.199 e. The first-order chi connectivity index (χ1) is 18.4. The Kier molecular flexibility index (Phi) is 9.67. The van der Waals surface area contributed by atoms with Crippen molar-refractivity contribution in [3.05, 3.63) is 89.5 Å². The highest BCUT2D eigenvalue weighted by Gasteiger charge is 2.40. The molecule has 0 amide bonds. The molecule has 0 radical (unpaired) electrons. The molecule has 1 aliphatic heterocycles. The van der Waals surface area contributed by atoms with Crippen LogP contribution < -0.4 is 14.2 Å². The Labute approximate surface area is 227 Å². The number of aliphatic hydroxyl groups is 1. The van der Waals surface area contributed by atoms with Gasteiger partial charge in [0.05, 0.1) is 13.7 Å². The highest BCUT2D eigenvalue weighted by molar-refractivity contribution is 5.46. The molecule has 6 heteroatoms. The summed E-state index contributed by atoms with van der Waals surface area (Å²) in [5.41, 5.74) is 1.29. The third-order valence-corrected chi connectivity index (χ3v) is 7.21. The second kappa shape index (κ2) is 13.1. The second-order valence-electron chi connectivity index (χ2n) is 10.1. The van der Waals surface area contributed by atoms with Crippen LogP contribution in [-0.4, -0.2) is 57.3 Å². The average molecular weight is 520 g/mol. The lowest BCUT2D eigenvalue weighted by Crippen LogP contribution is -2.35. The Bertz CT molecular complexity index is 1130. The summed E-state index contributed by atoms with van der Waals surface area (Å²) in [4.78, 5) is 2.08. The summed E-state index contributed by atoms with van der Waals surface area (Å²) < 4.78 is 23.3. The fourth-order valence-corrected chi connectivity index (χ4v) is 5.09. The average Bonchev–Trinajstić information content (AvgIpc) is 2.94. The van der Waals surface area contributed by atoms with Gasteiger partial charge in [0.15, 0.2) is 6.29 Å². The van der Waals surface area contributed by atoms with Crippen LogP contribution in [0.4, 0.5) is 0 Å². The molecule has 204 valence electrons. The van der Waals surface area contributed by atoms with Crippen LogP contribution in [0.3, 0.4) is 0 Å². The quantitative estimate of drug-likeness (QED) is 0.318. The number of nitrogens with zero attached hydrogens (tertiary/aromatic N) is 1. The molecule has 1 fully saturated rings. The molecule has 0 bridgehead atoms. The van der Waals surface area contributed by atoms with Gasteiger partial charge in [-0.05, 0) is 86.4 Å². The first-order valence-electron chi connectivity index (χ1n) is 13.6. The Hall–Kier alpha value is -3.06. The zero-order valence-electron chi connectivity index (χ0n) is 23.1. The Morgan fingerprint density at radius 2 is 1.68 bits per heavy atom. The number of likely N-dealkylation sites (N-methyl/N-ethyl adjacent to an activating group) is 1. The third kappa shape index (κ3) is 6.68. The number of methoxy groups -OCH3 is 1. The van der Waals surface area contributed by atoms with E-state index in [1.165, 1.54) is 0 Å². The van der Waals surface area contributed by atoms with Gasteiger partial charge in [-0.3, -0.25) is 0 Å². The molecule has 1 saturated heterocycles. The lowest BCUT2D eigenvalue weighted by atomic mass is 9.72. The molecule has 38 heavy (non-hydrogen) atoms. The van der Waals surface area contributed by atoms with E-state index in [1.807, 2.05) is 86.9 Å². The van der Waals surface area contributed by atoms with Crippen LogP contribution in [0.15, 0.2) is 72.8 Å². The zero-order chi connectivity index (χ0) is 27.0. The van der Waals surface area contributed by atoms with E-state index in [2.05, 4.69) is 11.8 Å². The molecule has 4 rings (SSSR count). The monoisotopic (exact) mass is 519 g/mol. The molecule has 3 atom stereocenters. The summed E-state index contributed by atoms with van der Waals surface area (Å²) in [6.07, 6.45) is 3.49. The summed E-state index contributed by atoms with van der Waals surface area (Å²) >= 11 is 0. The van der Waals surface area contributed by atoms with Gasteiger partial charge in [0.1, 0.15) is 29.5 Å². The Balaban J connectivity index is 1.71. The summed E-state index contributed by atoms with van der Waals surface area (Å²) in [5.74, 6) is 2.05. The van der Waals surface area contributed by atoms with Gasteiger partial charge in [-0.2, -0.15) is 0 Å². The molecule has 1 heterocycles. The van der Waals surface area contributed by atoms with Gasteiger partial charge in [0.2, 0.25) is 0 Å². The zero-order valence-corrected chi connectivity index (χ0v) is 23.1. The number of ether oxygens (including phenoxy) is 4. The molecular weight excluding hydrogens is 478 g/mol. The lowest BCUT2D eigenvalue weighted by molar-refractivity contribution is -0.106. The Morgan fingerprint density at radius 3 is 2.32 bits per heavy atom. The van der Waals surface area contributed by atoms with Gasteiger partial charge in [-0.1, -0.05) is 43.3 Å². The summed E-state index contributed by atoms with van der Waals surface area (Å²) in [7, 11) is 5.70.